The molecule has 0 amide bonds. The Morgan fingerprint density at radius 1 is 1.40 bits per heavy atom. The highest BCUT2D eigenvalue weighted by molar-refractivity contribution is 5.82. The first-order chi connectivity index (χ1) is 4.97. The van der Waals surface area contributed by atoms with Crippen LogP contribution in [0.4, 0.5) is 0 Å². The lowest BCUT2D eigenvalue weighted by atomic mass is 10.2. The van der Waals surface area contributed by atoms with Gasteiger partial charge in [0, 0.05) is 6.61 Å². The van der Waals surface area contributed by atoms with Gasteiger partial charge in [-0.2, -0.15) is 0 Å². The largest absolute Gasteiger partial charge is 0.477 e. The summed E-state index contributed by atoms with van der Waals surface area (Å²) in [6, 6.07) is 0. The summed E-state index contributed by atoms with van der Waals surface area (Å²) in [5.41, 5.74) is 0. The molecule has 3 heteroatoms. The minimum Gasteiger partial charge on any atom is -0.477 e. The molecule has 56 valence electrons. The van der Waals surface area contributed by atoms with E-state index in [0.29, 0.717) is 0 Å². The van der Waals surface area contributed by atoms with Crippen molar-refractivity contribution in [1.82, 2.24) is 0 Å². The van der Waals surface area contributed by atoms with Crippen molar-refractivity contribution in [2.24, 2.45) is 4.99 Å². The van der Waals surface area contributed by atoms with Crippen LogP contribution in [0.25, 0.3) is 0 Å². The molecule has 0 N–H and O–H groups in total. The molecule has 0 saturated carbocycles. The second kappa shape index (κ2) is 2.58. The van der Waals surface area contributed by atoms with Crippen molar-refractivity contribution < 1.29 is 9.47 Å². The molecular weight excluding hydrogens is 130 g/mol. The van der Waals surface area contributed by atoms with E-state index < -0.39 is 0 Å². The van der Waals surface area contributed by atoms with Gasteiger partial charge in [-0.15, -0.1) is 0 Å². The van der Waals surface area contributed by atoms with Crippen LogP contribution in [0, 0.1) is 0 Å². The van der Waals surface area contributed by atoms with Gasteiger partial charge in [0.15, 0.2) is 0 Å². The molecule has 0 spiro atoms. The molecule has 1 fully saturated rings. The van der Waals surface area contributed by atoms with Crippen LogP contribution < -0.4 is 0 Å². The Hall–Kier alpha value is -0.570. The average molecular weight is 141 g/mol. The van der Waals surface area contributed by atoms with Crippen LogP contribution in [-0.2, 0) is 9.47 Å². The molecule has 1 saturated heterocycles. The number of aliphatic imine (C=N–C) groups is 1. The van der Waals surface area contributed by atoms with E-state index in [1.54, 1.807) is 0 Å². The number of hydrogen-bond donors (Lipinski definition) is 0. The first-order valence-electron chi connectivity index (χ1n) is 3.75. The molecule has 0 radical (unpaired) electrons. The van der Waals surface area contributed by atoms with Crippen LogP contribution in [0.3, 0.4) is 0 Å². The van der Waals surface area contributed by atoms with Gasteiger partial charge >= 0.3 is 0 Å². The van der Waals surface area contributed by atoms with Crippen molar-refractivity contribution in [3.8, 4) is 0 Å². The summed E-state index contributed by atoms with van der Waals surface area (Å²) < 4.78 is 10.6. The van der Waals surface area contributed by atoms with Crippen LogP contribution in [0.5, 0.6) is 0 Å². The van der Waals surface area contributed by atoms with E-state index in [9.17, 15) is 0 Å². The molecule has 0 aromatic carbocycles. The van der Waals surface area contributed by atoms with Gasteiger partial charge in [-0.3, -0.25) is 0 Å². The quantitative estimate of drug-likeness (QED) is 0.535. The van der Waals surface area contributed by atoms with E-state index in [-0.39, 0.29) is 6.10 Å². The average Bonchev–Trinajstić information content (AvgIpc) is 2.59. The number of hydrogen-bond acceptors (Lipinski definition) is 3. The Kier molecular flexibility index (Phi) is 1.59. The lowest BCUT2D eigenvalue weighted by Gasteiger charge is -2.07. The highest BCUT2D eigenvalue weighted by atomic mass is 16.5. The third-order valence-corrected chi connectivity index (χ3v) is 1.81. The smallest absolute Gasteiger partial charge is 0.213 e. The second-order valence-electron chi connectivity index (χ2n) is 2.57. The fraction of sp³-hybridized carbons (Fsp3) is 0.857. The summed E-state index contributed by atoms with van der Waals surface area (Å²) in [6.45, 7) is 2.43. The zero-order chi connectivity index (χ0) is 6.81. The first kappa shape index (κ1) is 6.16. The van der Waals surface area contributed by atoms with Crippen molar-refractivity contribution in [3.63, 3.8) is 0 Å². The fourth-order valence-corrected chi connectivity index (χ4v) is 1.32. The van der Waals surface area contributed by atoms with Gasteiger partial charge in [0.05, 0.1) is 6.54 Å². The van der Waals surface area contributed by atoms with E-state index in [1.807, 2.05) is 0 Å². The molecule has 2 heterocycles. The molecule has 0 bridgehead atoms. The Balaban J connectivity index is 1.97. The summed E-state index contributed by atoms with van der Waals surface area (Å²) in [4.78, 5) is 4.19. The Morgan fingerprint density at radius 2 is 2.40 bits per heavy atom. The molecule has 10 heavy (non-hydrogen) atoms. The topological polar surface area (TPSA) is 30.8 Å². The third-order valence-electron chi connectivity index (χ3n) is 1.81. The first-order valence-corrected chi connectivity index (χ1v) is 3.75. The Bertz CT molecular complexity index is 150. The normalized spacial score (nSPS) is 32.0. The third kappa shape index (κ3) is 1.01. The molecule has 0 aliphatic carbocycles. The van der Waals surface area contributed by atoms with Gasteiger partial charge in [-0.25, -0.2) is 4.99 Å². The van der Waals surface area contributed by atoms with E-state index in [4.69, 9.17) is 9.47 Å². The standard InChI is InChI=1S/C7H11NO2/c1-2-6(9-4-1)7-8-3-5-10-7/h6H,1-5H2/t6-/m0/s1. The van der Waals surface area contributed by atoms with Crippen LogP contribution in [0.1, 0.15) is 12.8 Å². The zero-order valence-electron chi connectivity index (χ0n) is 5.88. The highest BCUT2D eigenvalue weighted by Gasteiger charge is 2.24. The van der Waals surface area contributed by atoms with E-state index in [2.05, 4.69) is 4.99 Å². The molecule has 0 aromatic rings. The Morgan fingerprint density at radius 3 is 3.00 bits per heavy atom. The predicted octanol–water partition coefficient (Wildman–Crippen LogP) is 0.594. The molecule has 0 aromatic heterocycles. The van der Waals surface area contributed by atoms with Gasteiger partial charge < -0.3 is 9.47 Å². The van der Waals surface area contributed by atoms with Gasteiger partial charge in [-0.05, 0) is 12.8 Å². The highest BCUT2D eigenvalue weighted by Crippen LogP contribution is 2.15. The van der Waals surface area contributed by atoms with Crippen molar-refractivity contribution >= 4 is 5.90 Å². The van der Waals surface area contributed by atoms with Gasteiger partial charge in [0.25, 0.3) is 0 Å². The van der Waals surface area contributed by atoms with Crippen molar-refractivity contribution in [2.75, 3.05) is 19.8 Å². The monoisotopic (exact) mass is 141 g/mol. The molecule has 1 atom stereocenters. The second-order valence-corrected chi connectivity index (χ2v) is 2.57. The van der Waals surface area contributed by atoms with Crippen LogP contribution in [0.2, 0.25) is 0 Å². The van der Waals surface area contributed by atoms with Crippen molar-refractivity contribution in [1.29, 1.82) is 0 Å². The van der Waals surface area contributed by atoms with Gasteiger partial charge in [0.2, 0.25) is 5.90 Å². The van der Waals surface area contributed by atoms with Crippen LogP contribution in [-0.4, -0.2) is 31.8 Å². The van der Waals surface area contributed by atoms with Crippen LogP contribution >= 0.6 is 0 Å². The van der Waals surface area contributed by atoms with E-state index >= 15 is 0 Å². The lowest BCUT2D eigenvalue weighted by molar-refractivity contribution is 0.137. The minimum atomic E-state index is 0.183. The maximum atomic E-state index is 5.38. The van der Waals surface area contributed by atoms with Gasteiger partial charge in [-0.1, -0.05) is 0 Å². The fourth-order valence-electron chi connectivity index (χ4n) is 1.32. The summed E-state index contributed by atoms with van der Waals surface area (Å²) in [5, 5.41) is 0. The Labute approximate surface area is 60.0 Å². The van der Waals surface area contributed by atoms with Gasteiger partial charge in [0.1, 0.15) is 12.7 Å². The van der Waals surface area contributed by atoms with Crippen molar-refractivity contribution in [2.45, 2.75) is 18.9 Å². The molecular formula is C7H11NO2. The zero-order valence-corrected chi connectivity index (χ0v) is 5.88. The lowest BCUT2D eigenvalue weighted by Crippen LogP contribution is -2.19. The summed E-state index contributed by atoms with van der Waals surface area (Å²) in [7, 11) is 0. The SMILES string of the molecule is C1CO[C@H](C2=NCCO2)C1. The summed E-state index contributed by atoms with van der Waals surface area (Å²) in [5.74, 6) is 0.831. The van der Waals surface area contributed by atoms with Crippen LogP contribution in [0.15, 0.2) is 4.99 Å². The van der Waals surface area contributed by atoms with Crippen molar-refractivity contribution in [3.05, 3.63) is 0 Å². The molecule has 2 aliphatic rings. The number of ether oxygens (including phenoxy) is 2. The summed E-state index contributed by atoms with van der Waals surface area (Å²) >= 11 is 0. The molecule has 3 nitrogen and oxygen atoms in total. The molecule has 0 unspecified atom stereocenters. The molecule has 2 aliphatic heterocycles. The summed E-state index contributed by atoms with van der Waals surface area (Å²) in [6.07, 6.45) is 2.41. The van der Waals surface area contributed by atoms with E-state index in [1.165, 1.54) is 0 Å². The molecule has 2 rings (SSSR count). The minimum absolute atomic E-state index is 0.183. The maximum absolute atomic E-state index is 5.38. The number of nitrogens with zero attached hydrogens (tertiary/aromatic N) is 1. The predicted molar refractivity (Wildman–Crippen MR) is 37.2 cm³/mol. The number of rotatable bonds is 1. The maximum Gasteiger partial charge on any atom is 0.213 e. The van der Waals surface area contributed by atoms with E-state index in [0.717, 1.165) is 38.5 Å².